The Morgan fingerprint density at radius 3 is 2.22 bits per heavy atom. The van der Waals surface area contributed by atoms with Crippen molar-refractivity contribution in [2.24, 2.45) is 0 Å². The number of rotatable bonds is 5. The van der Waals surface area contributed by atoms with E-state index >= 15 is 0 Å². The maximum Gasteiger partial charge on any atom is 0.337 e. The summed E-state index contributed by atoms with van der Waals surface area (Å²) >= 11 is 0. The van der Waals surface area contributed by atoms with Gasteiger partial charge < -0.3 is 15.4 Å². The lowest BCUT2D eigenvalue weighted by molar-refractivity contribution is 0.0600. The molecule has 136 valence electrons. The lowest BCUT2D eigenvalue weighted by atomic mass is 10.2. The lowest BCUT2D eigenvalue weighted by Crippen LogP contribution is -2.12. The van der Waals surface area contributed by atoms with Crippen LogP contribution in [0.2, 0.25) is 0 Å². The first kappa shape index (κ1) is 18.1. The second kappa shape index (κ2) is 8.09. The molecule has 0 spiro atoms. The van der Waals surface area contributed by atoms with Crippen molar-refractivity contribution in [3.8, 4) is 0 Å². The maximum atomic E-state index is 13.0. The molecule has 0 unspecified atom stereocenters. The predicted molar refractivity (Wildman–Crippen MR) is 99.7 cm³/mol. The van der Waals surface area contributed by atoms with Crippen molar-refractivity contribution in [1.82, 2.24) is 4.98 Å². The molecule has 0 atom stereocenters. The molecule has 0 radical (unpaired) electrons. The fraction of sp³-hybridized carbons (Fsp3) is 0.0500. The van der Waals surface area contributed by atoms with Crippen LogP contribution in [-0.2, 0) is 4.74 Å². The zero-order valence-corrected chi connectivity index (χ0v) is 14.4. The standard InChI is InChI=1S/C20H16FN3O3/c1-27-20(26)13-2-6-17(7-3-13)24-19(25)14-10-18(12-22-11-14)23-16-8-4-15(21)5-9-16/h2-12,23H,1H3,(H,24,25). The highest BCUT2D eigenvalue weighted by atomic mass is 19.1. The van der Waals surface area contributed by atoms with Crippen LogP contribution in [0.3, 0.4) is 0 Å². The van der Waals surface area contributed by atoms with Gasteiger partial charge in [0.2, 0.25) is 0 Å². The Morgan fingerprint density at radius 2 is 1.56 bits per heavy atom. The van der Waals surface area contributed by atoms with Crippen molar-refractivity contribution < 1.29 is 18.7 Å². The number of hydrogen-bond acceptors (Lipinski definition) is 5. The average Bonchev–Trinajstić information content (AvgIpc) is 2.70. The molecule has 7 heteroatoms. The summed E-state index contributed by atoms with van der Waals surface area (Å²) in [6.07, 6.45) is 3.00. The zero-order chi connectivity index (χ0) is 19.2. The summed E-state index contributed by atoms with van der Waals surface area (Å²) in [5.41, 5.74) is 2.54. The van der Waals surface area contributed by atoms with E-state index in [1.54, 1.807) is 48.7 Å². The molecule has 0 saturated carbocycles. The minimum atomic E-state index is -0.448. The quantitative estimate of drug-likeness (QED) is 0.668. The highest BCUT2D eigenvalue weighted by Gasteiger charge is 2.09. The molecule has 27 heavy (non-hydrogen) atoms. The molecule has 3 aromatic rings. The molecule has 1 amide bonds. The van der Waals surface area contributed by atoms with Gasteiger partial charge >= 0.3 is 5.97 Å². The Morgan fingerprint density at radius 1 is 0.889 bits per heavy atom. The third kappa shape index (κ3) is 4.66. The summed E-state index contributed by atoms with van der Waals surface area (Å²) in [5, 5.41) is 5.79. The molecule has 0 fully saturated rings. The number of amides is 1. The number of nitrogens with one attached hydrogen (secondary N) is 2. The van der Waals surface area contributed by atoms with E-state index < -0.39 is 5.97 Å². The first-order valence-corrected chi connectivity index (χ1v) is 8.02. The average molecular weight is 365 g/mol. The number of nitrogens with zero attached hydrogens (tertiary/aromatic N) is 1. The lowest BCUT2D eigenvalue weighted by Gasteiger charge is -2.09. The largest absolute Gasteiger partial charge is 0.465 e. The van der Waals surface area contributed by atoms with E-state index in [1.807, 2.05) is 0 Å². The number of hydrogen-bond donors (Lipinski definition) is 2. The molecular formula is C20H16FN3O3. The fourth-order valence-electron chi connectivity index (χ4n) is 2.34. The Labute approximate surface area is 155 Å². The van der Waals surface area contributed by atoms with E-state index in [4.69, 9.17) is 0 Å². The monoisotopic (exact) mass is 365 g/mol. The van der Waals surface area contributed by atoms with Crippen LogP contribution in [0.15, 0.2) is 67.0 Å². The molecule has 1 aromatic heterocycles. The summed E-state index contributed by atoms with van der Waals surface area (Å²) in [5.74, 6) is -1.13. The van der Waals surface area contributed by atoms with Crippen LogP contribution in [0.4, 0.5) is 21.5 Å². The fourth-order valence-corrected chi connectivity index (χ4v) is 2.34. The Bertz CT molecular complexity index is 957. The van der Waals surface area contributed by atoms with Crippen molar-refractivity contribution in [1.29, 1.82) is 0 Å². The smallest absolute Gasteiger partial charge is 0.337 e. The number of carbonyl (C=O) groups excluding carboxylic acids is 2. The van der Waals surface area contributed by atoms with E-state index in [0.29, 0.717) is 28.2 Å². The molecule has 0 saturated heterocycles. The number of anilines is 3. The number of pyridine rings is 1. The van der Waals surface area contributed by atoms with Crippen molar-refractivity contribution in [3.63, 3.8) is 0 Å². The van der Waals surface area contributed by atoms with Crippen molar-refractivity contribution in [2.45, 2.75) is 0 Å². The molecule has 0 aliphatic heterocycles. The number of carbonyl (C=O) groups is 2. The van der Waals surface area contributed by atoms with E-state index in [2.05, 4.69) is 20.4 Å². The van der Waals surface area contributed by atoms with E-state index in [9.17, 15) is 14.0 Å². The summed E-state index contributed by atoms with van der Waals surface area (Å²) in [6, 6.07) is 13.8. The van der Waals surface area contributed by atoms with Crippen molar-refractivity contribution in [2.75, 3.05) is 17.7 Å². The van der Waals surface area contributed by atoms with Gasteiger partial charge in [-0.1, -0.05) is 0 Å². The van der Waals surface area contributed by atoms with Crippen LogP contribution >= 0.6 is 0 Å². The second-order valence-corrected chi connectivity index (χ2v) is 5.62. The third-order valence-electron chi connectivity index (χ3n) is 3.70. The van der Waals surface area contributed by atoms with Gasteiger partial charge in [0.1, 0.15) is 5.82 Å². The van der Waals surface area contributed by atoms with Gasteiger partial charge in [-0.15, -0.1) is 0 Å². The van der Waals surface area contributed by atoms with Crippen LogP contribution in [0.25, 0.3) is 0 Å². The maximum absolute atomic E-state index is 13.0. The normalized spacial score (nSPS) is 10.1. The number of aromatic nitrogens is 1. The number of esters is 1. The first-order chi connectivity index (χ1) is 13.0. The van der Waals surface area contributed by atoms with Gasteiger partial charge in [0.05, 0.1) is 30.1 Å². The molecule has 3 rings (SSSR count). The van der Waals surface area contributed by atoms with Gasteiger partial charge in [-0.3, -0.25) is 9.78 Å². The van der Waals surface area contributed by atoms with Gasteiger partial charge in [-0.25, -0.2) is 9.18 Å². The second-order valence-electron chi connectivity index (χ2n) is 5.62. The predicted octanol–water partition coefficient (Wildman–Crippen LogP) is 4.00. The summed E-state index contributed by atoms with van der Waals surface area (Å²) in [7, 11) is 1.30. The van der Waals surface area contributed by atoms with Crippen LogP contribution in [0.5, 0.6) is 0 Å². The first-order valence-electron chi connectivity index (χ1n) is 8.02. The minimum Gasteiger partial charge on any atom is -0.465 e. The Hall–Kier alpha value is -3.74. The summed E-state index contributed by atoms with van der Waals surface area (Å²) < 4.78 is 17.6. The molecule has 2 N–H and O–H groups in total. The Kier molecular flexibility index (Phi) is 5.41. The van der Waals surface area contributed by atoms with Crippen LogP contribution in [-0.4, -0.2) is 24.0 Å². The van der Waals surface area contributed by atoms with E-state index in [0.717, 1.165) is 0 Å². The van der Waals surface area contributed by atoms with Gasteiger partial charge in [0.15, 0.2) is 0 Å². The molecule has 1 heterocycles. The molecule has 2 aromatic carbocycles. The number of halogens is 1. The van der Waals surface area contributed by atoms with E-state index in [1.165, 1.54) is 25.4 Å². The molecule has 0 bridgehead atoms. The van der Waals surface area contributed by atoms with Crippen molar-refractivity contribution in [3.05, 3.63) is 83.9 Å². The van der Waals surface area contributed by atoms with Crippen LogP contribution in [0.1, 0.15) is 20.7 Å². The number of benzene rings is 2. The van der Waals surface area contributed by atoms with Crippen molar-refractivity contribution >= 4 is 28.9 Å². The van der Waals surface area contributed by atoms with Gasteiger partial charge in [0.25, 0.3) is 5.91 Å². The summed E-state index contributed by atoms with van der Waals surface area (Å²) in [6.45, 7) is 0. The molecular weight excluding hydrogens is 349 g/mol. The summed E-state index contributed by atoms with van der Waals surface area (Å²) in [4.78, 5) is 27.9. The molecule has 0 aliphatic carbocycles. The highest BCUT2D eigenvalue weighted by Crippen LogP contribution is 2.18. The van der Waals surface area contributed by atoms with Crippen LogP contribution < -0.4 is 10.6 Å². The third-order valence-corrected chi connectivity index (χ3v) is 3.70. The minimum absolute atomic E-state index is 0.329. The van der Waals surface area contributed by atoms with E-state index in [-0.39, 0.29) is 11.7 Å². The van der Waals surface area contributed by atoms with Gasteiger partial charge in [-0.05, 0) is 54.6 Å². The highest BCUT2D eigenvalue weighted by molar-refractivity contribution is 6.04. The van der Waals surface area contributed by atoms with Crippen LogP contribution in [0, 0.1) is 5.82 Å². The van der Waals surface area contributed by atoms with Gasteiger partial charge in [0, 0.05) is 17.6 Å². The molecule has 0 aliphatic rings. The SMILES string of the molecule is COC(=O)c1ccc(NC(=O)c2cncc(Nc3ccc(F)cc3)c2)cc1. The van der Waals surface area contributed by atoms with Gasteiger partial charge in [-0.2, -0.15) is 0 Å². The zero-order valence-electron chi connectivity index (χ0n) is 14.4. The number of ether oxygens (including phenoxy) is 1. The Balaban J connectivity index is 1.69. The number of methoxy groups -OCH3 is 1. The molecule has 6 nitrogen and oxygen atoms in total. The topological polar surface area (TPSA) is 80.3 Å².